The number of hydrogen-bond acceptors (Lipinski definition) is 4. The second kappa shape index (κ2) is 6.54. The molecule has 6 nitrogen and oxygen atoms in total. The van der Waals surface area contributed by atoms with E-state index in [0.29, 0.717) is 0 Å². The second-order valence-electron chi connectivity index (χ2n) is 2.78. The summed E-state index contributed by atoms with van der Waals surface area (Å²) in [5.74, 6) is -1.43. The summed E-state index contributed by atoms with van der Waals surface area (Å²) in [6.07, 6.45) is 1.34. The van der Waals surface area contributed by atoms with Gasteiger partial charge in [-0.2, -0.15) is 4.31 Å². The largest absolute Gasteiger partial charge is 0.480 e. The van der Waals surface area contributed by atoms with Crippen molar-refractivity contribution in [3.8, 4) is 0 Å². The molecule has 0 amide bonds. The number of ether oxygens (including phenoxy) is 1. The first-order chi connectivity index (χ1) is 6.94. The highest BCUT2D eigenvalue weighted by atomic mass is 32.2. The zero-order valence-electron chi connectivity index (χ0n) is 8.55. The summed E-state index contributed by atoms with van der Waals surface area (Å²) < 4.78 is 28.6. The van der Waals surface area contributed by atoms with Crippen molar-refractivity contribution in [2.24, 2.45) is 0 Å². The summed E-state index contributed by atoms with van der Waals surface area (Å²) in [4.78, 5) is 10.4. The normalized spacial score (nSPS) is 11.6. The number of sulfonamides is 1. The molecule has 0 rings (SSSR count). The van der Waals surface area contributed by atoms with Crippen LogP contribution in [0, 0.1) is 0 Å². The van der Waals surface area contributed by atoms with Gasteiger partial charge in [0, 0.05) is 13.7 Å². The highest BCUT2D eigenvalue weighted by Gasteiger charge is 2.22. The molecule has 0 heterocycles. The van der Waals surface area contributed by atoms with Crippen molar-refractivity contribution in [3.05, 3.63) is 12.7 Å². The quantitative estimate of drug-likeness (QED) is 0.577. The van der Waals surface area contributed by atoms with Gasteiger partial charge in [-0.1, -0.05) is 6.08 Å². The van der Waals surface area contributed by atoms with Crippen molar-refractivity contribution >= 4 is 16.0 Å². The fourth-order valence-corrected chi connectivity index (χ4v) is 2.16. The van der Waals surface area contributed by atoms with E-state index in [-0.39, 0.29) is 18.9 Å². The van der Waals surface area contributed by atoms with E-state index in [9.17, 15) is 13.2 Å². The molecule has 0 radical (unpaired) electrons. The molecule has 0 aliphatic rings. The van der Waals surface area contributed by atoms with Crippen molar-refractivity contribution in [1.82, 2.24) is 4.31 Å². The summed E-state index contributed by atoms with van der Waals surface area (Å²) in [5, 5.41) is 8.53. The Hall–Kier alpha value is -0.920. The lowest BCUT2D eigenvalue weighted by atomic mass is 10.6. The molecule has 0 spiro atoms. The molecule has 88 valence electrons. The van der Waals surface area contributed by atoms with Crippen molar-refractivity contribution in [3.63, 3.8) is 0 Å². The first-order valence-electron chi connectivity index (χ1n) is 4.23. The van der Waals surface area contributed by atoms with Crippen LogP contribution in [0.3, 0.4) is 0 Å². The second-order valence-corrected chi connectivity index (χ2v) is 4.87. The van der Waals surface area contributed by atoms with Crippen LogP contribution in [0.5, 0.6) is 0 Å². The Morgan fingerprint density at radius 1 is 1.60 bits per heavy atom. The smallest absolute Gasteiger partial charge is 0.318 e. The van der Waals surface area contributed by atoms with Crippen LogP contribution in [-0.4, -0.2) is 56.4 Å². The van der Waals surface area contributed by atoms with Crippen LogP contribution in [0.4, 0.5) is 0 Å². The van der Waals surface area contributed by atoms with Crippen molar-refractivity contribution in [2.45, 2.75) is 0 Å². The average Bonchev–Trinajstić information content (AvgIpc) is 2.13. The van der Waals surface area contributed by atoms with Gasteiger partial charge in [-0.05, 0) is 0 Å². The topological polar surface area (TPSA) is 83.9 Å². The Kier molecular flexibility index (Phi) is 6.14. The van der Waals surface area contributed by atoms with Crippen LogP contribution in [0.2, 0.25) is 0 Å². The van der Waals surface area contributed by atoms with Gasteiger partial charge < -0.3 is 9.84 Å². The predicted octanol–water partition coefficient (Wildman–Crippen LogP) is -0.465. The molecule has 0 saturated carbocycles. The van der Waals surface area contributed by atoms with E-state index < -0.39 is 22.5 Å². The minimum Gasteiger partial charge on any atom is -0.480 e. The maximum absolute atomic E-state index is 11.5. The van der Waals surface area contributed by atoms with Crippen LogP contribution in [0.25, 0.3) is 0 Å². The van der Waals surface area contributed by atoms with Crippen molar-refractivity contribution < 1.29 is 23.1 Å². The van der Waals surface area contributed by atoms with Crippen LogP contribution >= 0.6 is 0 Å². The molecule has 0 fully saturated rings. The van der Waals surface area contributed by atoms with Crippen molar-refractivity contribution in [1.29, 1.82) is 0 Å². The number of carboxylic acids is 1. The summed E-state index contributed by atoms with van der Waals surface area (Å²) >= 11 is 0. The average molecular weight is 237 g/mol. The molecule has 0 bridgehead atoms. The van der Waals surface area contributed by atoms with Gasteiger partial charge in [-0.15, -0.1) is 6.58 Å². The van der Waals surface area contributed by atoms with Gasteiger partial charge in [0.05, 0.1) is 12.4 Å². The summed E-state index contributed by atoms with van der Waals surface area (Å²) in [7, 11) is -2.21. The molecule has 0 unspecified atom stereocenters. The number of aliphatic carboxylic acids is 1. The Labute approximate surface area is 89.2 Å². The lowest BCUT2D eigenvalue weighted by Crippen LogP contribution is -2.38. The summed E-state index contributed by atoms with van der Waals surface area (Å²) in [5.41, 5.74) is 0. The Bertz CT molecular complexity index is 311. The summed E-state index contributed by atoms with van der Waals surface area (Å²) in [6.45, 7) is 2.84. The van der Waals surface area contributed by atoms with Crippen molar-refractivity contribution in [2.75, 3.05) is 32.6 Å². The van der Waals surface area contributed by atoms with E-state index >= 15 is 0 Å². The number of carbonyl (C=O) groups is 1. The first kappa shape index (κ1) is 14.1. The van der Waals surface area contributed by atoms with Crippen LogP contribution in [0.15, 0.2) is 12.7 Å². The highest BCUT2D eigenvalue weighted by molar-refractivity contribution is 7.89. The number of hydrogen-bond donors (Lipinski definition) is 1. The molecule has 0 aliphatic heterocycles. The molecule has 0 aromatic carbocycles. The van der Waals surface area contributed by atoms with Gasteiger partial charge in [0.15, 0.2) is 0 Å². The minimum atomic E-state index is -3.59. The molecule has 15 heavy (non-hydrogen) atoms. The van der Waals surface area contributed by atoms with E-state index in [2.05, 4.69) is 11.3 Å². The number of rotatable bonds is 8. The molecule has 0 aromatic heterocycles. The SMILES string of the molecule is C=CCN(CC(=O)O)S(=O)(=O)CCOC. The highest BCUT2D eigenvalue weighted by Crippen LogP contribution is 2.01. The number of carboxylic acid groups (broad SMARTS) is 1. The fourth-order valence-electron chi connectivity index (χ4n) is 0.889. The van der Waals surface area contributed by atoms with E-state index in [4.69, 9.17) is 5.11 Å². The zero-order chi connectivity index (χ0) is 11.9. The monoisotopic (exact) mass is 237 g/mol. The number of methoxy groups -OCH3 is 1. The Morgan fingerprint density at radius 3 is 2.60 bits per heavy atom. The van der Waals surface area contributed by atoms with E-state index in [0.717, 1.165) is 4.31 Å². The van der Waals surface area contributed by atoms with Gasteiger partial charge in [-0.3, -0.25) is 4.79 Å². The lowest BCUT2D eigenvalue weighted by Gasteiger charge is -2.18. The molecule has 0 saturated heterocycles. The van der Waals surface area contributed by atoms with Crippen LogP contribution in [0.1, 0.15) is 0 Å². The van der Waals surface area contributed by atoms with E-state index in [1.807, 2.05) is 0 Å². The minimum absolute atomic E-state index is 0.0155. The zero-order valence-corrected chi connectivity index (χ0v) is 9.37. The maximum Gasteiger partial charge on any atom is 0.318 e. The maximum atomic E-state index is 11.5. The third-order valence-electron chi connectivity index (χ3n) is 1.58. The van der Waals surface area contributed by atoms with Gasteiger partial charge in [-0.25, -0.2) is 8.42 Å². The Balaban J connectivity index is 4.57. The molecule has 0 aromatic rings. The molecule has 7 heteroatoms. The van der Waals surface area contributed by atoms with Gasteiger partial charge in [0.2, 0.25) is 10.0 Å². The molecular weight excluding hydrogens is 222 g/mol. The van der Waals surface area contributed by atoms with Crippen LogP contribution in [-0.2, 0) is 19.6 Å². The van der Waals surface area contributed by atoms with Crippen LogP contribution < -0.4 is 0 Å². The molecule has 1 N–H and O–H groups in total. The fraction of sp³-hybridized carbons (Fsp3) is 0.625. The Morgan fingerprint density at radius 2 is 2.20 bits per heavy atom. The molecule has 0 atom stereocenters. The third-order valence-corrected chi connectivity index (χ3v) is 3.33. The van der Waals surface area contributed by atoms with E-state index in [1.54, 1.807) is 0 Å². The van der Waals surface area contributed by atoms with Gasteiger partial charge in [0.1, 0.15) is 6.54 Å². The molecule has 0 aliphatic carbocycles. The summed E-state index contributed by atoms with van der Waals surface area (Å²) in [6, 6.07) is 0. The van der Waals surface area contributed by atoms with E-state index in [1.165, 1.54) is 13.2 Å². The lowest BCUT2D eigenvalue weighted by molar-refractivity contribution is -0.137. The number of nitrogens with zero attached hydrogens (tertiary/aromatic N) is 1. The predicted molar refractivity (Wildman–Crippen MR) is 55.1 cm³/mol. The first-order valence-corrected chi connectivity index (χ1v) is 5.84. The molecular formula is C8H15NO5S. The third kappa shape index (κ3) is 5.50. The van der Waals surface area contributed by atoms with Gasteiger partial charge in [0.25, 0.3) is 0 Å². The van der Waals surface area contributed by atoms with Gasteiger partial charge >= 0.3 is 5.97 Å². The standard InChI is InChI=1S/C8H15NO5S/c1-3-4-9(7-8(10)11)15(12,13)6-5-14-2/h3H,1,4-7H2,2H3,(H,10,11).